The first-order valence-electron chi connectivity index (χ1n) is 6.66. The predicted octanol–water partition coefficient (Wildman–Crippen LogP) is 0.430. The van der Waals surface area contributed by atoms with E-state index in [2.05, 4.69) is 5.10 Å². The molecule has 0 unspecified atom stereocenters. The van der Waals surface area contributed by atoms with Crippen LogP contribution in [0.1, 0.15) is 23.4 Å². The van der Waals surface area contributed by atoms with E-state index in [-0.39, 0.29) is 23.3 Å². The Kier molecular flexibility index (Phi) is 3.90. The summed E-state index contributed by atoms with van der Waals surface area (Å²) in [5, 5.41) is 4.33. The highest BCUT2D eigenvalue weighted by Gasteiger charge is 2.34. The molecule has 6 nitrogen and oxygen atoms in total. The van der Waals surface area contributed by atoms with Gasteiger partial charge in [0.25, 0.3) is 0 Å². The third kappa shape index (κ3) is 2.87. The molecule has 0 spiro atoms. The quantitative estimate of drug-likeness (QED) is 0.811. The average molecular weight is 299 g/mol. The van der Waals surface area contributed by atoms with Crippen LogP contribution >= 0.6 is 0 Å². The minimum absolute atomic E-state index is 0.0127. The molecule has 1 aromatic rings. The molecule has 1 atom stereocenters. The molecule has 0 aliphatic carbocycles. The van der Waals surface area contributed by atoms with E-state index >= 15 is 0 Å². The van der Waals surface area contributed by atoms with Crippen molar-refractivity contribution in [1.29, 1.82) is 0 Å². The van der Waals surface area contributed by atoms with Crippen molar-refractivity contribution in [2.45, 2.75) is 26.8 Å². The van der Waals surface area contributed by atoms with Gasteiger partial charge in [-0.25, -0.2) is 8.42 Å². The molecule has 0 aromatic carbocycles. The Morgan fingerprint density at radius 1 is 1.45 bits per heavy atom. The second-order valence-electron chi connectivity index (χ2n) is 5.57. The van der Waals surface area contributed by atoms with Gasteiger partial charge >= 0.3 is 0 Å². The van der Waals surface area contributed by atoms with Crippen LogP contribution in [0.15, 0.2) is 0 Å². The van der Waals surface area contributed by atoms with Gasteiger partial charge in [-0.2, -0.15) is 5.10 Å². The maximum atomic E-state index is 12.3. The monoisotopic (exact) mass is 299 g/mol. The SMILES string of the molecule is Cc1nn(C)c(C)c1CN(C)C(=O)[C@H]1CCS(=O)(=O)C1. The lowest BCUT2D eigenvalue weighted by atomic mass is 10.1. The number of carbonyl (C=O) groups excluding carboxylic acids is 1. The van der Waals surface area contributed by atoms with Crippen molar-refractivity contribution >= 4 is 15.7 Å². The van der Waals surface area contributed by atoms with Crippen LogP contribution in [-0.4, -0.2) is 47.6 Å². The summed E-state index contributed by atoms with van der Waals surface area (Å²) in [4.78, 5) is 13.9. The van der Waals surface area contributed by atoms with E-state index in [9.17, 15) is 13.2 Å². The Balaban J connectivity index is 2.09. The first-order valence-corrected chi connectivity index (χ1v) is 8.48. The number of sulfone groups is 1. The van der Waals surface area contributed by atoms with Crippen LogP contribution in [0.2, 0.25) is 0 Å². The molecule has 2 heterocycles. The van der Waals surface area contributed by atoms with Gasteiger partial charge in [0.2, 0.25) is 5.91 Å². The highest BCUT2D eigenvalue weighted by Crippen LogP contribution is 2.22. The van der Waals surface area contributed by atoms with Crippen LogP contribution in [0.3, 0.4) is 0 Å². The molecule has 0 N–H and O–H groups in total. The Labute approximate surface area is 119 Å². The number of hydrogen-bond donors (Lipinski definition) is 0. The zero-order valence-corrected chi connectivity index (χ0v) is 13.2. The number of nitrogens with zero attached hydrogens (tertiary/aromatic N) is 3. The van der Waals surface area contributed by atoms with Gasteiger partial charge in [0.05, 0.1) is 23.1 Å². The van der Waals surface area contributed by atoms with E-state index in [1.54, 1.807) is 16.6 Å². The van der Waals surface area contributed by atoms with Crippen molar-refractivity contribution in [3.8, 4) is 0 Å². The Bertz CT molecular complexity index is 634. The molecule has 0 saturated carbocycles. The van der Waals surface area contributed by atoms with Gasteiger partial charge in [-0.3, -0.25) is 9.48 Å². The van der Waals surface area contributed by atoms with Gasteiger partial charge in [0, 0.05) is 31.9 Å². The van der Waals surface area contributed by atoms with Crippen LogP contribution < -0.4 is 0 Å². The van der Waals surface area contributed by atoms with Crippen LogP contribution in [0.5, 0.6) is 0 Å². The van der Waals surface area contributed by atoms with E-state index in [1.165, 1.54) is 0 Å². The number of aromatic nitrogens is 2. The van der Waals surface area contributed by atoms with E-state index in [0.717, 1.165) is 17.0 Å². The number of hydrogen-bond acceptors (Lipinski definition) is 4. The summed E-state index contributed by atoms with van der Waals surface area (Å²) in [7, 11) is 0.571. The molecule has 1 aliphatic heterocycles. The highest BCUT2D eigenvalue weighted by atomic mass is 32.2. The molecule has 2 rings (SSSR count). The molecular formula is C13H21N3O3S. The Morgan fingerprint density at radius 2 is 2.10 bits per heavy atom. The maximum Gasteiger partial charge on any atom is 0.226 e. The summed E-state index contributed by atoms with van der Waals surface area (Å²) in [5.41, 5.74) is 2.97. The van der Waals surface area contributed by atoms with E-state index in [0.29, 0.717) is 13.0 Å². The molecule has 1 aliphatic rings. The van der Waals surface area contributed by atoms with Crippen LogP contribution in [-0.2, 0) is 28.2 Å². The molecule has 112 valence electrons. The summed E-state index contributed by atoms with van der Waals surface area (Å²) in [6.07, 6.45) is 0.441. The van der Waals surface area contributed by atoms with Crippen LogP contribution in [0, 0.1) is 19.8 Å². The van der Waals surface area contributed by atoms with Crippen LogP contribution in [0.25, 0.3) is 0 Å². The number of aryl methyl sites for hydroxylation is 2. The number of carbonyl (C=O) groups is 1. The lowest BCUT2D eigenvalue weighted by Gasteiger charge is -2.20. The van der Waals surface area contributed by atoms with E-state index in [4.69, 9.17) is 0 Å². The van der Waals surface area contributed by atoms with Crippen molar-refractivity contribution in [2.24, 2.45) is 13.0 Å². The molecule has 20 heavy (non-hydrogen) atoms. The molecule has 1 amide bonds. The summed E-state index contributed by atoms with van der Waals surface area (Å²) >= 11 is 0. The van der Waals surface area contributed by atoms with Gasteiger partial charge in [-0.1, -0.05) is 0 Å². The van der Waals surface area contributed by atoms with Gasteiger partial charge in [-0.15, -0.1) is 0 Å². The van der Waals surface area contributed by atoms with Gasteiger partial charge < -0.3 is 4.90 Å². The number of amides is 1. The lowest BCUT2D eigenvalue weighted by Crippen LogP contribution is -2.33. The molecule has 1 saturated heterocycles. The smallest absolute Gasteiger partial charge is 0.226 e. The van der Waals surface area contributed by atoms with Gasteiger partial charge in [0.15, 0.2) is 9.84 Å². The molecule has 1 fully saturated rings. The minimum atomic E-state index is -3.02. The van der Waals surface area contributed by atoms with Crippen LogP contribution in [0.4, 0.5) is 0 Å². The summed E-state index contributed by atoms with van der Waals surface area (Å²) in [6.45, 7) is 4.36. The van der Waals surface area contributed by atoms with Crippen molar-refractivity contribution in [3.05, 3.63) is 17.0 Å². The third-order valence-corrected chi connectivity index (χ3v) is 5.78. The van der Waals surface area contributed by atoms with Crippen molar-refractivity contribution in [2.75, 3.05) is 18.6 Å². The van der Waals surface area contributed by atoms with E-state index < -0.39 is 9.84 Å². The largest absolute Gasteiger partial charge is 0.341 e. The van der Waals surface area contributed by atoms with Crippen molar-refractivity contribution in [3.63, 3.8) is 0 Å². The fourth-order valence-electron chi connectivity index (χ4n) is 2.66. The molecular weight excluding hydrogens is 278 g/mol. The van der Waals surface area contributed by atoms with E-state index in [1.807, 2.05) is 20.9 Å². The summed E-state index contributed by atoms with van der Waals surface area (Å²) in [6, 6.07) is 0. The fourth-order valence-corrected chi connectivity index (χ4v) is 4.40. The number of rotatable bonds is 3. The predicted molar refractivity (Wildman–Crippen MR) is 75.9 cm³/mol. The molecule has 0 bridgehead atoms. The Hall–Kier alpha value is -1.37. The zero-order valence-electron chi connectivity index (χ0n) is 12.4. The third-order valence-electron chi connectivity index (χ3n) is 4.01. The van der Waals surface area contributed by atoms with Crippen molar-refractivity contribution in [1.82, 2.24) is 14.7 Å². The first-order chi connectivity index (χ1) is 9.21. The fraction of sp³-hybridized carbons (Fsp3) is 0.692. The summed E-state index contributed by atoms with van der Waals surface area (Å²) in [5.74, 6) is -0.361. The zero-order chi connectivity index (χ0) is 15.1. The molecule has 1 aromatic heterocycles. The maximum absolute atomic E-state index is 12.3. The van der Waals surface area contributed by atoms with Crippen molar-refractivity contribution < 1.29 is 13.2 Å². The summed E-state index contributed by atoms with van der Waals surface area (Å²) < 4.78 is 24.7. The molecule has 7 heteroatoms. The highest BCUT2D eigenvalue weighted by molar-refractivity contribution is 7.91. The van der Waals surface area contributed by atoms with Gasteiger partial charge in [0.1, 0.15) is 0 Å². The topological polar surface area (TPSA) is 72.3 Å². The lowest BCUT2D eigenvalue weighted by molar-refractivity contribution is -0.133. The standard InChI is InChI=1S/C13H21N3O3S/c1-9-12(10(2)16(4)14-9)7-15(3)13(17)11-5-6-20(18,19)8-11/h11H,5-8H2,1-4H3/t11-/m0/s1. The average Bonchev–Trinajstić information content (AvgIpc) is 2.83. The minimum Gasteiger partial charge on any atom is -0.341 e. The molecule has 0 radical (unpaired) electrons. The first kappa shape index (κ1) is 15.0. The normalized spacial score (nSPS) is 21.1. The second-order valence-corrected chi connectivity index (χ2v) is 7.80. The second kappa shape index (κ2) is 5.20. The van der Waals surface area contributed by atoms with Gasteiger partial charge in [-0.05, 0) is 20.3 Å². The Morgan fingerprint density at radius 3 is 2.55 bits per heavy atom.